The monoisotopic (exact) mass is 436 g/mol. The van der Waals surface area contributed by atoms with Gasteiger partial charge in [0.2, 0.25) is 5.91 Å². The van der Waals surface area contributed by atoms with Crippen LogP contribution < -0.4 is 9.47 Å². The molecule has 2 heterocycles. The van der Waals surface area contributed by atoms with Crippen LogP contribution in [0, 0.1) is 0 Å². The topological polar surface area (TPSA) is 42.0 Å². The summed E-state index contributed by atoms with van der Waals surface area (Å²) in [6.45, 7) is 3.29. The summed E-state index contributed by atoms with van der Waals surface area (Å²) in [6, 6.07) is 16.6. The number of ether oxygens (including phenoxy) is 2. The van der Waals surface area contributed by atoms with E-state index in [-0.39, 0.29) is 12.0 Å². The van der Waals surface area contributed by atoms with Crippen LogP contribution >= 0.6 is 0 Å². The molecule has 2 atom stereocenters. The van der Waals surface area contributed by atoms with Crippen molar-refractivity contribution in [3.8, 4) is 11.5 Å². The van der Waals surface area contributed by atoms with Crippen LogP contribution in [0.1, 0.15) is 49.1 Å². The van der Waals surface area contributed by atoms with Gasteiger partial charge in [-0.3, -0.25) is 9.69 Å². The molecule has 172 valence electrons. The fourth-order valence-corrected chi connectivity index (χ4v) is 4.98. The summed E-state index contributed by atoms with van der Waals surface area (Å²) in [6.07, 6.45) is 6.41. The summed E-state index contributed by atoms with van der Waals surface area (Å²) >= 11 is 0. The first-order chi connectivity index (χ1) is 15.7. The average Bonchev–Trinajstić information content (AvgIpc) is 3.13. The van der Waals surface area contributed by atoms with Gasteiger partial charge in [-0.15, -0.1) is 0 Å². The lowest BCUT2D eigenvalue weighted by Crippen LogP contribution is -2.43. The Kier molecular flexibility index (Phi) is 7.69. The largest absolute Gasteiger partial charge is 0.496 e. The van der Waals surface area contributed by atoms with Crippen molar-refractivity contribution in [3.05, 3.63) is 59.7 Å². The molecule has 5 nitrogen and oxygen atoms in total. The lowest BCUT2D eigenvalue weighted by molar-refractivity contribution is -0.133. The fourth-order valence-electron chi connectivity index (χ4n) is 4.98. The highest BCUT2D eigenvalue weighted by atomic mass is 16.5. The van der Waals surface area contributed by atoms with Gasteiger partial charge in [0.05, 0.1) is 13.0 Å². The van der Waals surface area contributed by atoms with E-state index < -0.39 is 0 Å². The highest BCUT2D eigenvalue weighted by Gasteiger charge is 2.29. The summed E-state index contributed by atoms with van der Waals surface area (Å²) in [5.41, 5.74) is 2.26. The molecule has 0 radical (unpaired) electrons. The number of carbonyl (C=O) groups excluding carboxylic acids is 1. The number of benzene rings is 2. The van der Waals surface area contributed by atoms with Gasteiger partial charge < -0.3 is 14.4 Å². The van der Waals surface area contributed by atoms with E-state index in [2.05, 4.69) is 29.0 Å². The molecule has 0 bridgehead atoms. The van der Waals surface area contributed by atoms with E-state index in [0.29, 0.717) is 12.5 Å². The van der Waals surface area contributed by atoms with Gasteiger partial charge in [-0.1, -0.05) is 49.2 Å². The molecule has 2 aromatic carbocycles. The van der Waals surface area contributed by atoms with Gasteiger partial charge in [-0.05, 0) is 57.0 Å². The number of carbonyl (C=O) groups is 1. The third kappa shape index (κ3) is 5.26. The highest BCUT2D eigenvalue weighted by Crippen LogP contribution is 2.34. The van der Waals surface area contributed by atoms with Gasteiger partial charge in [-0.2, -0.15) is 0 Å². The first-order valence-corrected chi connectivity index (χ1v) is 12.0. The van der Waals surface area contributed by atoms with Gasteiger partial charge in [-0.25, -0.2) is 0 Å². The summed E-state index contributed by atoms with van der Waals surface area (Å²) in [5, 5.41) is 0. The van der Waals surface area contributed by atoms with Crippen LogP contribution in [0.5, 0.6) is 11.5 Å². The number of fused-ring (bicyclic) bond motifs is 1. The van der Waals surface area contributed by atoms with E-state index in [1.54, 1.807) is 7.11 Å². The van der Waals surface area contributed by atoms with Crippen LogP contribution in [-0.4, -0.2) is 62.1 Å². The molecular formula is C27H36N2O3. The van der Waals surface area contributed by atoms with Gasteiger partial charge >= 0.3 is 0 Å². The van der Waals surface area contributed by atoms with E-state index in [1.165, 1.54) is 12.8 Å². The number of hydrogen-bond donors (Lipinski definition) is 0. The minimum atomic E-state index is -0.0944. The maximum absolute atomic E-state index is 13.6. The number of hydrogen-bond acceptors (Lipinski definition) is 4. The van der Waals surface area contributed by atoms with Crippen molar-refractivity contribution >= 4 is 5.91 Å². The molecule has 4 rings (SSSR count). The van der Waals surface area contributed by atoms with E-state index in [9.17, 15) is 4.79 Å². The molecule has 2 aliphatic rings. The molecule has 2 unspecified atom stereocenters. The number of likely N-dealkylation sites (tertiary alicyclic amines) is 1. The molecule has 0 aliphatic carbocycles. The Balaban J connectivity index is 1.44. The van der Waals surface area contributed by atoms with Crippen LogP contribution in [-0.2, 0) is 11.2 Å². The summed E-state index contributed by atoms with van der Waals surface area (Å²) < 4.78 is 11.6. The van der Waals surface area contributed by atoms with Crippen LogP contribution in [0.15, 0.2) is 48.5 Å². The van der Waals surface area contributed by atoms with E-state index in [0.717, 1.165) is 67.9 Å². The van der Waals surface area contributed by atoms with E-state index >= 15 is 0 Å². The number of amides is 1. The van der Waals surface area contributed by atoms with Crippen LogP contribution in [0.4, 0.5) is 0 Å². The van der Waals surface area contributed by atoms with Crippen molar-refractivity contribution in [2.75, 3.05) is 40.4 Å². The summed E-state index contributed by atoms with van der Waals surface area (Å²) in [5.74, 6) is 2.01. The van der Waals surface area contributed by atoms with Crippen molar-refractivity contribution in [2.45, 2.75) is 50.5 Å². The molecule has 1 fully saturated rings. The van der Waals surface area contributed by atoms with Crippen LogP contribution in [0.3, 0.4) is 0 Å². The highest BCUT2D eigenvalue weighted by molar-refractivity contribution is 5.83. The van der Waals surface area contributed by atoms with E-state index in [4.69, 9.17) is 9.47 Å². The Hall–Kier alpha value is -2.53. The molecule has 2 aliphatic heterocycles. The van der Waals surface area contributed by atoms with Crippen molar-refractivity contribution in [1.82, 2.24) is 9.80 Å². The molecule has 0 N–H and O–H groups in total. The van der Waals surface area contributed by atoms with Crippen molar-refractivity contribution in [3.63, 3.8) is 0 Å². The quantitative estimate of drug-likeness (QED) is 0.641. The molecular weight excluding hydrogens is 400 g/mol. The molecule has 0 saturated carbocycles. The fraction of sp³-hybridized carbons (Fsp3) is 0.519. The second-order valence-corrected chi connectivity index (χ2v) is 9.08. The lowest BCUT2D eigenvalue weighted by Gasteiger charge is -2.34. The minimum absolute atomic E-state index is 0.0944. The van der Waals surface area contributed by atoms with Crippen LogP contribution in [0.25, 0.3) is 0 Å². The van der Waals surface area contributed by atoms with Crippen molar-refractivity contribution in [2.24, 2.45) is 0 Å². The number of rotatable bonds is 7. The molecule has 1 amide bonds. The third-order valence-electron chi connectivity index (χ3n) is 6.99. The smallest absolute Gasteiger partial charge is 0.230 e. The first-order valence-electron chi connectivity index (χ1n) is 12.0. The summed E-state index contributed by atoms with van der Waals surface area (Å²) in [7, 11) is 3.86. The Morgan fingerprint density at radius 2 is 1.84 bits per heavy atom. The molecule has 32 heavy (non-hydrogen) atoms. The second-order valence-electron chi connectivity index (χ2n) is 9.08. The zero-order chi connectivity index (χ0) is 22.3. The van der Waals surface area contributed by atoms with E-state index in [1.807, 2.05) is 36.4 Å². The Morgan fingerprint density at radius 1 is 1.09 bits per heavy atom. The second kappa shape index (κ2) is 10.9. The predicted molar refractivity (Wildman–Crippen MR) is 127 cm³/mol. The Labute approximate surface area is 192 Å². The molecule has 0 aromatic heterocycles. The summed E-state index contributed by atoms with van der Waals surface area (Å²) in [4.78, 5) is 18.0. The van der Waals surface area contributed by atoms with Crippen molar-refractivity contribution in [1.29, 1.82) is 0 Å². The minimum Gasteiger partial charge on any atom is -0.496 e. The predicted octanol–water partition coefficient (Wildman–Crippen LogP) is 4.51. The average molecular weight is 437 g/mol. The standard InChI is InChI=1S/C27H36N2O3/c1-28(22-19-24-25(31-2)13-10-14-26(24)32-20-22)18-15-23(21-11-6-5-7-12-21)27(30)29-16-8-3-4-9-17-29/h5-7,10-14,22-23H,3-4,8-9,15-20H2,1-2H3. The van der Waals surface area contributed by atoms with Crippen molar-refractivity contribution < 1.29 is 14.3 Å². The van der Waals surface area contributed by atoms with Gasteiger partial charge in [0.1, 0.15) is 18.1 Å². The SMILES string of the molecule is COc1cccc2c1CC(N(C)CCC(C(=O)N1CCCCCC1)c1ccccc1)CO2. The number of nitrogens with zero attached hydrogens (tertiary/aromatic N) is 2. The molecule has 1 saturated heterocycles. The molecule has 0 spiro atoms. The Bertz CT molecular complexity index is 863. The zero-order valence-corrected chi connectivity index (χ0v) is 19.5. The number of methoxy groups -OCH3 is 1. The first kappa shape index (κ1) is 22.7. The third-order valence-corrected chi connectivity index (χ3v) is 6.99. The molecule has 5 heteroatoms. The maximum Gasteiger partial charge on any atom is 0.230 e. The Morgan fingerprint density at radius 3 is 2.56 bits per heavy atom. The maximum atomic E-state index is 13.6. The van der Waals surface area contributed by atoms with Gasteiger partial charge in [0, 0.05) is 24.7 Å². The van der Waals surface area contributed by atoms with Gasteiger partial charge in [0.15, 0.2) is 0 Å². The lowest BCUT2D eigenvalue weighted by atomic mass is 9.93. The molecule has 2 aromatic rings. The zero-order valence-electron chi connectivity index (χ0n) is 19.5. The normalized spacial score (nSPS) is 19.6. The van der Waals surface area contributed by atoms with Gasteiger partial charge in [0.25, 0.3) is 0 Å². The number of likely N-dealkylation sites (N-methyl/N-ethyl adjacent to an activating group) is 1. The van der Waals surface area contributed by atoms with Crippen LogP contribution in [0.2, 0.25) is 0 Å².